The van der Waals surface area contributed by atoms with Crippen LogP contribution in [-0.4, -0.2) is 18.7 Å². The van der Waals surface area contributed by atoms with Gasteiger partial charge in [0.25, 0.3) is 6.47 Å². The molecule has 0 amide bonds. The zero-order chi connectivity index (χ0) is 6.69. The molecule has 0 aliphatic carbocycles. The van der Waals surface area contributed by atoms with Gasteiger partial charge in [-0.15, -0.1) is 0 Å². The van der Waals surface area contributed by atoms with Gasteiger partial charge in [0.05, 0.1) is 6.42 Å². The first-order chi connectivity index (χ1) is 4.33. The fourth-order valence-corrected chi connectivity index (χ4v) is 0.658. The zero-order valence-electron chi connectivity index (χ0n) is 4.70. The van der Waals surface area contributed by atoms with Crippen molar-refractivity contribution < 1.29 is 19.1 Å². The molecule has 1 atom stereocenters. The van der Waals surface area contributed by atoms with Crippen molar-refractivity contribution in [1.29, 1.82) is 0 Å². The third-order valence-corrected chi connectivity index (χ3v) is 1.05. The van der Waals surface area contributed by atoms with Gasteiger partial charge < -0.3 is 9.47 Å². The van der Waals surface area contributed by atoms with Gasteiger partial charge in [-0.1, -0.05) is 0 Å². The van der Waals surface area contributed by atoms with E-state index in [2.05, 4.69) is 9.47 Å². The highest BCUT2D eigenvalue weighted by atomic mass is 16.7. The van der Waals surface area contributed by atoms with Crippen LogP contribution in [0.4, 0.5) is 0 Å². The molecule has 0 spiro atoms. The Balaban J connectivity index is 2.29. The van der Waals surface area contributed by atoms with Crippen molar-refractivity contribution >= 4 is 12.4 Å². The van der Waals surface area contributed by atoms with Gasteiger partial charge in [-0.2, -0.15) is 0 Å². The number of hydrogen-bond acceptors (Lipinski definition) is 4. The first-order valence-corrected chi connectivity index (χ1v) is 2.61. The lowest BCUT2D eigenvalue weighted by molar-refractivity contribution is -0.167. The molecule has 0 aromatic heterocycles. The number of carbonyl (C=O) groups excluding carboxylic acids is 2. The fourth-order valence-electron chi connectivity index (χ4n) is 0.658. The van der Waals surface area contributed by atoms with Crippen molar-refractivity contribution in [3.8, 4) is 0 Å². The quantitative estimate of drug-likeness (QED) is 0.384. The summed E-state index contributed by atoms with van der Waals surface area (Å²) >= 11 is 0. The highest BCUT2D eigenvalue weighted by Crippen LogP contribution is 2.13. The number of ether oxygens (including phenoxy) is 2. The van der Waals surface area contributed by atoms with Crippen LogP contribution in [0.3, 0.4) is 0 Å². The van der Waals surface area contributed by atoms with Crippen LogP contribution in [0.5, 0.6) is 0 Å². The average Bonchev–Trinajstić information content (AvgIpc) is 2.17. The lowest BCUT2D eigenvalue weighted by Gasteiger charge is -2.03. The van der Waals surface area contributed by atoms with Gasteiger partial charge in [0, 0.05) is 6.42 Å². The zero-order valence-corrected chi connectivity index (χ0v) is 4.70. The predicted molar refractivity (Wildman–Crippen MR) is 26.3 cm³/mol. The van der Waals surface area contributed by atoms with E-state index in [0.29, 0.717) is 12.8 Å². The average molecular weight is 130 g/mol. The van der Waals surface area contributed by atoms with E-state index in [0.717, 1.165) is 0 Å². The summed E-state index contributed by atoms with van der Waals surface area (Å²) < 4.78 is 8.86. The molecule has 50 valence electrons. The van der Waals surface area contributed by atoms with Crippen LogP contribution in [0.25, 0.3) is 0 Å². The van der Waals surface area contributed by atoms with E-state index in [1.54, 1.807) is 0 Å². The van der Waals surface area contributed by atoms with Crippen molar-refractivity contribution in [1.82, 2.24) is 0 Å². The van der Waals surface area contributed by atoms with Crippen molar-refractivity contribution in [3.05, 3.63) is 0 Å². The summed E-state index contributed by atoms with van der Waals surface area (Å²) in [6.45, 7) is 0.281. The van der Waals surface area contributed by atoms with E-state index < -0.39 is 6.29 Å². The van der Waals surface area contributed by atoms with Crippen LogP contribution in [0.1, 0.15) is 12.8 Å². The van der Waals surface area contributed by atoms with Crippen LogP contribution >= 0.6 is 0 Å². The second-order valence-electron chi connectivity index (χ2n) is 1.69. The monoisotopic (exact) mass is 130 g/mol. The van der Waals surface area contributed by atoms with Gasteiger partial charge in [0.1, 0.15) is 0 Å². The first-order valence-electron chi connectivity index (χ1n) is 2.61. The SMILES string of the molecule is O=CO[C@H]1CCC(=O)O1. The van der Waals surface area contributed by atoms with Gasteiger partial charge in [-0.05, 0) is 0 Å². The van der Waals surface area contributed by atoms with Crippen LogP contribution < -0.4 is 0 Å². The van der Waals surface area contributed by atoms with Gasteiger partial charge in [-0.25, -0.2) is 0 Å². The highest BCUT2D eigenvalue weighted by Gasteiger charge is 2.23. The first kappa shape index (κ1) is 6.07. The minimum absolute atomic E-state index is 0.281. The Morgan fingerprint density at radius 1 is 1.78 bits per heavy atom. The standard InChI is InChI=1S/C5H6O4/c6-3-8-5-2-1-4(7)9-5/h3,5H,1-2H2/t5-/m1/s1. The molecule has 9 heavy (non-hydrogen) atoms. The van der Waals surface area contributed by atoms with E-state index in [1.165, 1.54) is 0 Å². The molecular weight excluding hydrogens is 124 g/mol. The highest BCUT2D eigenvalue weighted by molar-refractivity contribution is 5.71. The molecule has 0 saturated carbocycles. The molecule has 0 unspecified atom stereocenters. The van der Waals surface area contributed by atoms with E-state index in [1.807, 2.05) is 0 Å². The molecule has 4 heteroatoms. The van der Waals surface area contributed by atoms with Crippen molar-refractivity contribution in [2.24, 2.45) is 0 Å². The molecule has 1 heterocycles. The van der Waals surface area contributed by atoms with Gasteiger partial charge in [0.15, 0.2) is 0 Å². The Morgan fingerprint density at radius 3 is 3.00 bits per heavy atom. The topological polar surface area (TPSA) is 52.6 Å². The molecular formula is C5H6O4. The fraction of sp³-hybridized carbons (Fsp3) is 0.600. The summed E-state index contributed by atoms with van der Waals surface area (Å²) in [5.74, 6) is -0.304. The molecule has 1 aliphatic rings. The molecule has 4 nitrogen and oxygen atoms in total. The summed E-state index contributed by atoms with van der Waals surface area (Å²) in [7, 11) is 0. The van der Waals surface area contributed by atoms with Crippen LogP contribution in [0.15, 0.2) is 0 Å². The van der Waals surface area contributed by atoms with E-state index >= 15 is 0 Å². The van der Waals surface area contributed by atoms with Crippen molar-refractivity contribution in [2.75, 3.05) is 0 Å². The Morgan fingerprint density at radius 2 is 2.56 bits per heavy atom. The second kappa shape index (κ2) is 2.48. The largest absolute Gasteiger partial charge is 0.427 e. The van der Waals surface area contributed by atoms with E-state index in [-0.39, 0.29) is 12.4 Å². The third-order valence-electron chi connectivity index (χ3n) is 1.05. The summed E-state index contributed by atoms with van der Waals surface area (Å²) in [5, 5.41) is 0. The normalized spacial score (nSPS) is 25.3. The minimum atomic E-state index is -0.630. The molecule has 1 saturated heterocycles. The number of rotatable bonds is 2. The van der Waals surface area contributed by atoms with E-state index in [9.17, 15) is 9.59 Å². The Labute approximate surface area is 51.7 Å². The van der Waals surface area contributed by atoms with Gasteiger partial charge in [0.2, 0.25) is 6.29 Å². The Kier molecular flexibility index (Phi) is 1.67. The number of cyclic esters (lactones) is 1. The third kappa shape index (κ3) is 1.42. The number of hydrogen-bond donors (Lipinski definition) is 0. The molecule has 0 aromatic rings. The van der Waals surface area contributed by atoms with Gasteiger partial charge in [-0.3, -0.25) is 9.59 Å². The predicted octanol–water partition coefficient (Wildman–Crippen LogP) is -0.177. The van der Waals surface area contributed by atoms with Crippen LogP contribution in [-0.2, 0) is 19.1 Å². The summed E-state index contributed by atoms with van der Waals surface area (Å²) in [6, 6.07) is 0. The van der Waals surface area contributed by atoms with Crippen molar-refractivity contribution in [3.63, 3.8) is 0 Å². The molecule has 1 rings (SSSR count). The summed E-state index contributed by atoms with van der Waals surface area (Å²) in [4.78, 5) is 20.0. The molecule has 0 bridgehead atoms. The maximum atomic E-state index is 10.3. The number of carbonyl (C=O) groups is 2. The molecule has 0 N–H and O–H groups in total. The Hall–Kier alpha value is -1.06. The smallest absolute Gasteiger partial charge is 0.309 e. The second-order valence-corrected chi connectivity index (χ2v) is 1.69. The summed E-state index contributed by atoms with van der Waals surface area (Å²) in [6.07, 6.45) is 0.200. The maximum Gasteiger partial charge on any atom is 0.309 e. The van der Waals surface area contributed by atoms with Crippen LogP contribution in [0.2, 0.25) is 0 Å². The van der Waals surface area contributed by atoms with Crippen LogP contribution in [0, 0.1) is 0 Å². The lowest BCUT2D eigenvalue weighted by Crippen LogP contribution is -2.09. The van der Waals surface area contributed by atoms with Crippen molar-refractivity contribution in [2.45, 2.75) is 19.1 Å². The molecule has 1 aliphatic heterocycles. The van der Waals surface area contributed by atoms with Gasteiger partial charge >= 0.3 is 5.97 Å². The number of esters is 1. The lowest BCUT2D eigenvalue weighted by atomic mass is 10.4. The summed E-state index contributed by atoms with van der Waals surface area (Å²) in [5.41, 5.74) is 0. The van der Waals surface area contributed by atoms with E-state index in [4.69, 9.17) is 0 Å². The molecule has 1 fully saturated rings. The molecule has 0 radical (unpaired) electrons. The maximum absolute atomic E-state index is 10.3. The minimum Gasteiger partial charge on any atom is -0.427 e. The molecule has 0 aromatic carbocycles. The Bertz CT molecular complexity index is 131.